The number of hydrogen-bond donors (Lipinski definition) is 1. The first-order valence-electron chi connectivity index (χ1n) is 6.74. The zero-order chi connectivity index (χ0) is 13.3. The largest absolute Gasteiger partial charge is 0.367 e. The second kappa shape index (κ2) is 5.01. The van der Waals surface area contributed by atoms with Gasteiger partial charge in [-0.15, -0.1) is 0 Å². The molecule has 2 rings (SSSR count). The van der Waals surface area contributed by atoms with Crippen molar-refractivity contribution in [1.82, 2.24) is 4.98 Å². The molecule has 0 aliphatic carbocycles. The van der Waals surface area contributed by atoms with Gasteiger partial charge in [0, 0.05) is 18.3 Å². The van der Waals surface area contributed by atoms with Gasteiger partial charge in [-0.1, -0.05) is 32.9 Å². The van der Waals surface area contributed by atoms with Gasteiger partial charge in [0.25, 0.3) is 0 Å². The maximum absolute atomic E-state index is 3.16. The van der Waals surface area contributed by atoms with E-state index >= 15 is 0 Å². The molecule has 0 fully saturated rings. The summed E-state index contributed by atoms with van der Waals surface area (Å²) in [6.45, 7) is 11.2. The molecule has 1 aromatic carbocycles. The van der Waals surface area contributed by atoms with Crippen molar-refractivity contribution in [3.63, 3.8) is 0 Å². The molecule has 96 valence electrons. The first-order chi connectivity index (χ1) is 8.50. The zero-order valence-corrected chi connectivity index (χ0v) is 12.0. The van der Waals surface area contributed by atoms with E-state index in [1.54, 1.807) is 0 Å². The molecule has 0 aliphatic heterocycles. The summed E-state index contributed by atoms with van der Waals surface area (Å²) >= 11 is 0. The average Bonchev–Trinajstić information content (AvgIpc) is 2.84. The monoisotopic (exact) mass is 241 g/mol. The Bertz CT molecular complexity index is 521. The molecule has 2 aromatic rings. The van der Waals surface area contributed by atoms with Crippen molar-refractivity contribution in [3.8, 4) is 0 Å². The molecule has 0 aliphatic rings. The molecule has 0 radical (unpaired) electrons. The van der Waals surface area contributed by atoms with E-state index in [4.69, 9.17) is 0 Å². The van der Waals surface area contributed by atoms with Crippen LogP contribution in [0.15, 0.2) is 30.6 Å². The molecule has 1 unspecified atom stereocenters. The van der Waals surface area contributed by atoms with Crippen LogP contribution in [-0.4, -0.2) is 4.98 Å². The fourth-order valence-electron chi connectivity index (χ4n) is 2.52. The molecular formula is C17H23N. The predicted octanol–water partition coefficient (Wildman–Crippen LogP) is 4.91. The van der Waals surface area contributed by atoms with Crippen molar-refractivity contribution < 1.29 is 0 Å². The van der Waals surface area contributed by atoms with Gasteiger partial charge in [-0.05, 0) is 53.6 Å². The smallest absolute Gasteiger partial charge is 0.00788 e. The zero-order valence-electron chi connectivity index (χ0n) is 12.0. The van der Waals surface area contributed by atoms with Crippen LogP contribution < -0.4 is 0 Å². The highest BCUT2D eigenvalue weighted by Crippen LogP contribution is 2.32. The van der Waals surface area contributed by atoms with E-state index in [1.807, 2.05) is 6.20 Å². The van der Waals surface area contributed by atoms with E-state index in [0.29, 0.717) is 11.8 Å². The minimum absolute atomic E-state index is 0.452. The van der Waals surface area contributed by atoms with Crippen molar-refractivity contribution in [2.75, 3.05) is 0 Å². The molecule has 0 amide bonds. The lowest BCUT2D eigenvalue weighted by Crippen LogP contribution is -2.04. The molecule has 1 heterocycles. The Balaban J connectivity index is 2.52. The van der Waals surface area contributed by atoms with Crippen molar-refractivity contribution in [2.45, 2.75) is 46.5 Å². The Morgan fingerprint density at radius 2 is 1.56 bits per heavy atom. The standard InChI is InChI=1S/C17H23N/c1-11(2)16-8-12(3)13(4)9-17(16)14(5)15-6-7-18-10-15/h6-11,14,18H,1-5H3. The van der Waals surface area contributed by atoms with Gasteiger partial charge in [-0.2, -0.15) is 0 Å². The fourth-order valence-corrected chi connectivity index (χ4v) is 2.52. The van der Waals surface area contributed by atoms with Crippen LogP contribution in [0.4, 0.5) is 0 Å². The summed E-state index contributed by atoms with van der Waals surface area (Å²) < 4.78 is 0. The first kappa shape index (κ1) is 12.9. The van der Waals surface area contributed by atoms with Crippen LogP contribution in [0.25, 0.3) is 0 Å². The number of H-pyrrole nitrogens is 1. The number of rotatable bonds is 3. The summed E-state index contributed by atoms with van der Waals surface area (Å²) in [6.07, 6.45) is 4.10. The lowest BCUT2D eigenvalue weighted by atomic mass is 9.84. The van der Waals surface area contributed by atoms with Gasteiger partial charge >= 0.3 is 0 Å². The minimum atomic E-state index is 0.452. The van der Waals surface area contributed by atoms with Crippen LogP contribution in [0.5, 0.6) is 0 Å². The summed E-state index contributed by atoms with van der Waals surface area (Å²) in [5.41, 5.74) is 7.08. The van der Waals surface area contributed by atoms with Gasteiger partial charge in [0.2, 0.25) is 0 Å². The molecule has 18 heavy (non-hydrogen) atoms. The normalized spacial score (nSPS) is 13.0. The van der Waals surface area contributed by atoms with E-state index in [2.05, 4.69) is 64.0 Å². The molecule has 1 N–H and O–H groups in total. The Hall–Kier alpha value is -1.50. The van der Waals surface area contributed by atoms with Gasteiger partial charge in [0.1, 0.15) is 0 Å². The second-order valence-corrected chi connectivity index (χ2v) is 5.59. The molecule has 0 spiro atoms. The third-order valence-electron chi connectivity index (χ3n) is 3.91. The van der Waals surface area contributed by atoms with Crippen LogP contribution in [0, 0.1) is 13.8 Å². The van der Waals surface area contributed by atoms with E-state index in [0.717, 1.165) is 0 Å². The maximum Gasteiger partial charge on any atom is 0.00788 e. The summed E-state index contributed by atoms with van der Waals surface area (Å²) in [5.74, 6) is 1.02. The number of aromatic amines is 1. The van der Waals surface area contributed by atoms with E-state index in [1.165, 1.54) is 27.8 Å². The fraction of sp³-hybridized carbons (Fsp3) is 0.412. The lowest BCUT2D eigenvalue weighted by Gasteiger charge is -2.20. The van der Waals surface area contributed by atoms with Gasteiger partial charge in [0.05, 0.1) is 0 Å². The summed E-state index contributed by atoms with van der Waals surface area (Å²) in [6, 6.07) is 6.89. The number of benzene rings is 1. The van der Waals surface area contributed by atoms with Crippen LogP contribution in [-0.2, 0) is 0 Å². The third kappa shape index (κ3) is 2.35. The quantitative estimate of drug-likeness (QED) is 0.786. The van der Waals surface area contributed by atoms with Crippen LogP contribution >= 0.6 is 0 Å². The van der Waals surface area contributed by atoms with E-state index in [-0.39, 0.29) is 0 Å². The van der Waals surface area contributed by atoms with Crippen LogP contribution in [0.1, 0.15) is 60.4 Å². The SMILES string of the molecule is Cc1cc(C(C)C)c(C(C)c2cc[nH]c2)cc1C. The molecule has 1 heteroatoms. The molecule has 1 aromatic heterocycles. The summed E-state index contributed by atoms with van der Waals surface area (Å²) in [4.78, 5) is 3.16. The van der Waals surface area contributed by atoms with Crippen molar-refractivity contribution in [3.05, 3.63) is 58.4 Å². The van der Waals surface area contributed by atoms with Crippen molar-refractivity contribution in [2.24, 2.45) is 0 Å². The van der Waals surface area contributed by atoms with Crippen molar-refractivity contribution in [1.29, 1.82) is 0 Å². The van der Waals surface area contributed by atoms with Gasteiger partial charge in [-0.3, -0.25) is 0 Å². The van der Waals surface area contributed by atoms with E-state index < -0.39 is 0 Å². The first-order valence-corrected chi connectivity index (χ1v) is 6.74. The topological polar surface area (TPSA) is 15.8 Å². The summed E-state index contributed by atoms with van der Waals surface area (Å²) in [5, 5.41) is 0. The number of aromatic nitrogens is 1. The molecule has 0 saturated heterocycles. The summed E-state index contributed by atoms with van der Waals surface area (Å²) in [7, 11) is 0. The Kier molecular flexibility index (Phi) is 3.60. The molecule has 0 bridgehead atoms. The average molecular weight is 241 g/mol. The second-order valence-electron chi connectivity index (χ2n) is 5.59. The highest BCUT2D eigenvalue weighted by Gasteiger charge is 2.16. The Morgan fingerprint density at radius 1 is 0.944 bits per heavy atom. The lowest BCUT2D eigenvalue weighted by molar-refractivity contribution is 0.809. The number of aryl methyl sites for hydroxylation is 2. The Morgan fingerprint density at radius 3 is 2.06 bits per heavy atom. The highest BCUT2D eigenvalue weighted by molar-refractivity contribution is 5.44. The molecule has 1 atom stereocenters. The Labute approximate surface area is 110 Å². The van der Waals surface area contributed by atoms with Crippen molar-refractivity contribution >= 4 is 0 Å². The third-order valence-corrected chi connectivity index (χ3v) is 3.91. The van der Waals surface area contributed by atoms with Gasteiger partial charge in [-0.25, -0.2) is 0 Å². The molecular weight excluding hydrogens is 218 g/mol. The van der Waals surface area contributed by atoms with Gasteiger partial charge in [0.15, 0.2) is 0 Å². The number of hydrogen-bond acceptors (Lipinski definition) is 0. The van der Waals surface area contributed by atoms with Crippen LogP contribution in [0.2, 0.25) is 0 Å². The number of nitrogens with one attached hydrogen (secondary N) is 1. The van der Waals surface area contributed by atoms with E-state index in [9.17, 15) is 0 Å². The van der Waals surface area contributed by atoms with Crippen LogP contribution in [0.3, 0.4) is 0 Å². The predicted molar refractivity (Wildman–Crippen MR) is 78.3 cm³/mol. The minimum Gasteiger partial charge on any atom is -0.367 e. The highest BCUT2D eigenvalue weighted by atomic mass is 14.6. The molecule has 1 nitrogen and oxygen atoms in total. The molecule has 0 saturated carbocycles. The maximum atomic E-state index is 3.16. The van der Waals surface area contributed by atoms with Gasteiger partial charge < -0.3 is 4.98 Å².